The summed E-state index contributed by atoms with van der Waals surface area (Å²) in [6.45, 7) is 10.6. The topological polar surface area (TPSA) is 187 Å². The fraction of sp³-hybridized carbons (Fsp3) is 0.438. The molecule has 3 aromatic carbocycles. The van der Waals surface area contributed by atoms with Gasteiger partial charge < -0.3 is 34.6 Å². The molecule has 0 radical (unpaired) electrons. The van der Waals surface area contributed by atoms with Gasteiger partial charge in [-0.15, -0.1) is 0 Å². The van der Waals surface area contributed by atoms with Crippen LogP contribution >= 0.6 is 23.1 Å². The summed E-state index contributed by atoms with van der Waals surface area (Å²) in [5.41, 5.74) is 3.20. The number of nitrogens with one attached hydrogen (secondary N) is 3. The van der Waals surface area contributed by atoms with Crippen molar-refractivity contribution in [1.29, 1.82) is 0 Å². The van der Waals surface area contributed by atoms with E-state index in [4.69, 9.17) is 9.72 Å². The maximum absolute atomic E-state index is 15.2. The molecule has 0 bridgehead atoms. The molecule has 9 rings (SSSR count). The van der Waals surface area contributed by atoms with E-state index in [1.54, 1.807) is 56.9 Å². The Morgan fingerprint density at radius 2 is 1.62 bits per heavy atom. The first kappa shape index (κ1) is 48.1. The maximum Gasteiger partial charge on any atom is 0.274 e. The van der Waals surface area contributed by atoms with Gasteiger partial charge in [0.25, 0.3) is 5.56 Å². The molecule has 4 aliphatic rings. The number of aryl methyl sites for hydroxylation is 2. The number of ether oxygens (including phenoxy) is 1. The zero-order chi connectivity index (χ0) is 48.9. The van der Waals surface area contributed by atoms with Crippen LogP contribution in [0.15, 0.2) is 58.1 Å². The molecule has 1 unspecified atom stereocenters. The van der Waals surface area contributed by atoms with Gasteiger partial charge in [-0.05, 0) is 90.8 Å². The van der Waals surface area contributed by atoms with Gasteiger partial charge >= 0.3 is 0 Å². The SMILES string of the molecule is CCc1cc(Nc2ncc(Br)c(Nc3ccc4c(=O)n(C)ncc4c3P(C)(C)=O)n2)c(OC)cc1N1CCC(N2CCN(C(=O)C3CN(c4cc(F)c(C5CCC(=O)NC5=O)c(F)c4)C3)CC2)CC1. The molecule has 1 atom stereocenters. The highest BCUT2D eigenvalue weighted by Crippen LogP contribution is 2.42. The number of benzene rings is 3. The van der Waals surface area contributed by atoms with Crippen molar-refractivity contribution >= 4 is 91.4 Å². The summed E-state index contributed by atoms with van der Waals surface area (Å²) in [5.74, 6) is -2.72. The highest BCUT2D eigenvalue weighted by Gasteiger charge is 2.39. The van der Waals surface area contributed by atoms with Gasteiger partial charge in [-0.2, -0.15) is 10.1 Å². The lowest BCUT2D eigenvalue weighted by molar-refractivity contribution is -0.138. The van der Waals surface area contributed by atoms with Gasteiger partial charge in [0.1, 0.15) is 30.3 Å². The number of hydrogen-bond donors (Lipinski definition) is 3. The number of carbonyl (C=O) groups excluding carboxylic acids is 3. The number of methoxy groups -OCH3 is 1. The minimum Gasteiger partial charge on any atom is -0.494 e. The molecule has 0 aliphatic carbocycles. The van der Waals surface area contributed by atoms with Crippen molar-refractivity contribution in [3.8, 4) is 5.75 Å². The van der Waals surface area contributed by atoms with E-state index in [1.807, 2.05) is 4.90 Å². The van der Waals surface area contributed by atoms with E-state index in [2.05, 4.69) is 70.8 Å². The van der Waals surface area contributed by atoms with Crippen LogP contribution in [0.1, 0.15) is 49.7 Å². The number of halogens is 3. The van der Waals surface area contributed by atoms with Crippen LogP contribution in [-0.2, 0) is 32.4 Å². The van der Waals surface area contributed by atoms with Crippen molar-refractivity contribution in [3.05, 3.63) is 86.4 Å². The summed E-state index contributed by atoms with van der Waals surface area (Å²) in [6.07, 6.45) is 5.97. The predicted octanol–water partition coefficient (Wildman–Crippen LogP) is 5.84. The van der Waals surface area contributed by atoms with Crippen LogP contribution in [0.5, 0.6) is 5.75 Å². The van der Waals surface area contributed by atoms with Gasteiger partial charge in [0.05, 0.1) is 46.4 Å². The smallest absolute Gasteiger partial charge is 0.274 e. The van der Waals surface area contributed by atoms with E-state index >= 15 is 8.78 Å². The molecule has 21 heteroatoms. The third kappa shape index (κ3) is 9.67. The van der Waals surface area contributed by atoms with Gasteiger partial charge in [0.15, 0.2) is 0 Å². The second kappa shape index (κ2) is 19.4. The average molecular weight is 1030 g/mol. The first-order valence-electron chi connectivity index (χ1n) is 23.2. The van der Waals surface area contributed by atoms with Crippen LogP contribution in [-0.4, -0.2) is 126 Å². The molecular formula is C48H55BrF2N11O6P. The lowest BCUT2D eigenvalue weighted by Crippen LogP contribution is -2.59. The Balaban J connectivity index is 0.794. The summed E-state index contributed by atoms with van der Waals surface area (Å²) in [4.78, 5) is 68.1. The summed E-state index contributed by atoms with van der Waals surface area (Å²) >= 11 is 3.56. The quantitative estimate of drug-likeness (QED) is 0.1000. The van der Waals surface area contributed by atoms with Crippen LogP contribution in [0.2, 0.25) is 0 Å². The van der Waals surface area contributed by atoms with Gasteiger partial charge in [-0.1, -0.05) is 6.92 Å². The third-order valence-corrected chi connectivity index (χ3v) is 16.0. The van der Waals surface area contributed by atoms with Gasteiger partial charge in [-0.25, -0.2) is 18.4 Å². The van der Waals surface area contributed by atoms with E-state index in [9.17, 15) is 23.7 Å². The zero-order valence-corrected chi connectivity index (χ0v) is 41.6. The number of aromatic nitrogens is 4. The summed E-state index contributed by atoms with van der Waals surface area (Å²) in [7, 11) is 0.294. The number of carbonyl (C=O) groups is 3. The van der Waals surface area contributed by atoms with Crippen LogP contribution in [0.25, 0.3) is 10.8 Å². The second-order valence-corrected chi connectivity index (χ2v) is 22.5. The standard InChI is InChI=1S/C48H55BrF2N11O6P/c1-6-27-19-38(55-48-52-24-34(49)44(57-48)54-37-9-7-31-33(43(37)69(4,5)67)23-53-58(2)47(31)66)40(68-3)22-39(27)60-13-11-29(12-14-60)59-15-17-61(18-16-59)46(65)28-25-62(26-28)30-20-35(50)42(36(51)21-30)32-8-10-41(63)56-45(32)64/h7,9,19-24,28-29,32H,6,8,10-18,25-26H2,1-5H3,(H,56,63,64)(H2,52,54,55,57). The number of anilines is 6. The fourth-order valence-electron chi connectivity index (χ4n) is 10.1. The Morgan fingerprint density at radius 1 is 0.913 bits per heavy atom. The maximum atomic E-state index is 15.2. The van der Waals surface area contributed by atoms with Crippen molar-refractivity contribution in [2.75, 3.05) is 93.2 Å². The molecule has 6 heterocycles. The van der Waals surface area contributed by atoms with E-state index in [0.717, 1.165) is 56.7 Å². The number of piperazine rings is 1. The Hall–Kier alpha value is -5.98. The number of nitrogens with zero attached hydrogens (tertiary/aromatic N) is 8. The van der Waals surface area contributed by atoms with E-state index < -0.39 is 36.5 Å². The number of rotatable bonds is 12. The molecule has 4 fully saturated rings. The molecule has 5 aromatic rings. The molecule has 3 amide bonds. The van der Waals surface area contributed by atoms with Crippen molar-refractivity contribution in [2.24, 2.45) is 13.0 Å². The minimum atomic E-state index is -2.92. The Bertz CT molecular complexity index is 2940. The largest absolute Gasteiger partial charge is 0.494 e. The normalized spacial score (nSPS) is 18.6. The summed E-state index contributed by atoms with van der Waals surface area (Å²) in [5, 5.41) is 14.5. The molecule has 2 aromatic heterocycles. The number of imide groups is 1. The second-order valence-electron chi connectivity index (χ2n) is 18.5. The number of fused-ring (bicyclic) bond motifs is 1. The number of amides is 3. The molecule has 17 nitrogen and oxygen atoms in total. The molecule has 0 spiro atoms. The highest BCUT2D eigenvalue weighted by atomic mass is 79.9. The first-order chi connectivity index (χ1) is 33.0. The molecule has 4 saturated heterocycles. The van der Waals surface area contributed by atoms with Crippen LogP contribution < -0.4 is 41.4 Å². The number of hydrogen-bond acceptors (Lipinski definition) is 14. The average Bonchev–Trinajstić information content (AvgIpc) is 3.30. The zero-order valence-electron chi connectivity index (χ0n) is 39.2. The molecule has 69 heavy (non-hydrogen) atoms. The summed E-state index contributed by atoms with van der Waals surface area (Å²) in [6, 6.07) is 10.4. The monoisotopic (exact) mass is 1030 g/mol. The van der Waals surface area contributed by atoms with Crippen molar-refractivity contribution in [1.82, 2.24) is 34.9 Å². The predicted molar refractivity (Wildman–Crippen MR) is 265 cm³/mol. The third-order valence-electron chi connectivity index (χ3n) is 13.9. The van der Waals surface area contributed by atoms with Gasteiger partial charge in [0, 0.05) is 112 Å². The number of piperidine rings is 2. The van der Waals surface area contributed by atoms with Crippen molar-refractivity contribution in [2.45, 2.75) is 51.0 Å². The Kier molecular flexibility index (Phi) is 13.5. The van der Waals surface area contributed by atoms with Crippen LogP contribution in [0, 0.1) is 17.6 Å². The molecule has 0 saturated carbocycles. The van der Waals surface area contributed by atoms with Crippen LogP contribution in [0.4, 0.5) is 43.3 Å². The Morgan fingerprint density at radius 3 is 2.28 bits per heavy atom. The molecular weight excluding hydrogens is 975 g/mol. The van der Waals surface area contributed by atoms with Gasteiger partial charge in [0.2, 0.25) is 23.7 Å². The van der Waals surface area contributed by atoms with E-state index in [-0.39, 0.29) is 35.8 Å². The van der Waals surface area contributed by atoms with E-state index in [0.29, 0.717) is 87.3 Å². The van der Waals surface area contributed by atoms with E-state index in [1.165, 1.54) is 16.8 Å². The van der Waals surface area contributed by atoms with Crippen molar-refractivity contribution in [3.63, 3.8) is 0 Å². The van der Waals surface area contributed by atoms with Crippen molar-refractivity contribution < 1.29 is 32.5 Å². The Labute approximate surface area is 406 Å². The van der Waals surface area contributed by atoms with Crippen LogP contribution in [0.3, 0.4) is 0 Å². The van der Waals surface area contributed by atoms with Gasteiger partial charge in [-0.3, -0.25) is 29.4 Å². The molecule has 364 valence electrons. The lowest BCUT2D eigenvalue weighted by Gasteiger charge is -2.46. The first-order valence-corrected chi connectivity index (χ1v) is 26.6. The molecule has 4 aliphatic heterocycles. The fourth-order valence-corrected chi connectivity index (χ4v) is 11.9. The summed E-state index contributed by atoms with van der Waals surface area (Å²) < 4.78 is 51.8. The molecule has 3 N–H and O–H groups in total. The lowest BCUT2D eigenvalue weighted by atomic mass is 9.89. The highest BCUT2D eigenvalue weighted by molar-refractivity contribution is 9.10. The minimum absolute atomic E-state index is 0.0214.